The highest BCUT2D eigenvalue weighted by Crippen LogP contribution is 2.34. The Morgan fingerprint density at radius 2 is 1.89 bits per heavy atom. The lowest BCUT2D eigenvalue weighted by Crippen LogP contribution is -2.42. The van der Waals surface area contributed by atoms with Gasteiger partial charge in [0.2, 0.25) is 11.8 Å². The summed E-state index contributed by atoms with van der Waals surface area (Å²) in [5.74, 6) is 0.738. The molecule has 2 aromatic carbocycles. The number of anilines is 1. The number of nitrogens with zero attached hydrogens (tertiary/aromatic N) is 3. The number of ether oxygens (including phenoxy) is 1. The molecule has 1 saturated carbocycles. The fraction of sp³-hybridized carbons (Fsp3) is 0.393. The number of carbonyl (C=O) groups excluding carboxylic acids is 3. The standard InChI is InChI=1S/C28H31N5O4S/c1-37-20-11-7-10-19(16-20)30-25(35)17-38-28-32-22-13-6-5-12-21(22)26-31-23(27(36)33(26)28)14-15-24(34)29-18-8-3-2-4-9-18/h5-7,10-13,16,18,23H,2-4,8-9,14-15,17H2,1H3,(H,29,34)(H,30,35)/t23-/m1/s1. The van der Waals surface area contributed by atoms with E-state index in [9.17, 15) is 14.4 Å². The number of thioether (sulfide) groups is 1. The summed E-state index contributed by atoms with van der Waals surface area (Å²) in [6, 6.07) is 14.2. The van der Waals surface area contributed by atoms with Gasteiger partial charge in [-0.1, -0.05) is 49.2 Å². The van der Waals surface area contributed by atoms with Crippen LogP contribution in [0.2, 0.25) is 0 Å². The minimum Gasteiger partial charge on any atom is -0.497 e. The van der Waals surface area contributed by atoms with E-state index in [1.807, 2.05) is 24.3 Å². The maximum atomic E-state index is 13.4. The number of fused-ring (bicyclic) bond motifs is 3. The number of nitrogens with one attached hydrogen (secondary N) is 2. The molecule has 9 nitrogen and oxygen atoms in total. The molecule has 38 heavy (non-hydrogen) atoms. The van der Waals surface area contributed by atoms with Crippen molar-refractivity contribution in [2.45, 2.75) is 57.0 Å². The Kier molecular flexibility index (Phi) is 8.07. The molecule has 2 heterocycles. The van der Waals surface area contributed by atoms with Gasteiger partial charge in [0.25, 0.3) is 5.91 Å². The lowest BCUT2D eigenvalue weighted by atomic mass is 9.95. The second-order valence-corrected chi connectivity index (χ2v) is 10.5. The van der Waals surface area contributed by atoms with Crippen molar-refractivity contribution in [1.29, 1.82) is 0 Å². The molecular formula is C28H31N5O4S. The summed E-state index contributed by atoms with van der Waals surface area (Å²) in [5, 5.41) is 6.37. The van der Waals surface area contributed by atoms with E-state index in [2.05, 4.69) is 15.6 Å². The average molecular weight is 534 g/mol. The fourth-order valence-corrected chi connectivity index (χ4v) is 5.73. The van der Waals surface area contributed by atoms with Crippen LogP contribution in [0.1, 0.15) is 50.5 Å². The highest BCUT2D eigenvalue weighted by molar-refractivity contribution is 8.14. The number of carbonyl (C=O) groups is 3. The molecule has 2 aromatic rings. The Morgan fingerprint density at radius 3 is 2.71 bits per heavy atom. The van der Waals surface area contributed by atoms with Crippen molar-refractivity contribution in [3.8, 4) is 5.75 Å². The molecule has 198 valence electrons. The monoisotopic (exact) mass is 533 g/mol. The molecule has 1 aliphatic carbocycles. The molecule has 3 aliphatic rings. The van der Waals surface area contributed by atoms with Crippen molar-refractivity contribution in [3.05, 3.63) is 54.1 Å². The van der Waals surface area contributed by atoms with Gasteiger partial charge in [-0.25, -0.2) is 9.89 Å². The van der Waals surface area contributed by atoms with E-state index < -0.39 is 6.04 Å². The predicted octanol–water partition coefficient (Wildman–Crippen LogP) is 4.25. The first-order valence-corrected chi connectivity index (χ1v) is 14.0. The molecule has 2 N–H and O–H groups in total. The molecule has 1 fully saturated rings. The zero-order chi connectivity index (χ0) is 26.5. The Morgan fingerprint density at radius 1 is 1.08 bits per heavy atom. The first-order valence-electron chi connectivity index (χ1n) is 13.0. The zero-order valence-electron chi connectivity index (χ0n) is 21.3. The molecule has 1 atom stereocenters. The second kappa shape index (κ2) is 11.8. The normalized spacial score (nSPS) is 18.7. The van der Waals surface area contributed by atoms with E-state index in [0.29, 0.717) is 34.5 Å². The third-order valence-electron chi connectivity index (χ3n) is 6.85. The van der Waals surface area contributed by atoms with E-state index in [1.54, 1.807) is 31.4 Å². The van der Waals surface area contributed by atoms with Gasteiger partial charge in [-0.15, -0.1) is 0 Å². The number of para-hydroxylation sites is 1. The third kappa shape index (κ3) is 5.91. The highest BCUT2D eigenvalue weighted by Gasteiger charge is 2.41. The van der Waals surface area contributed by atoms with E-state index in [-0.39, 0.29) is 35.9 Å². The molecule has 0 saturated heterocycles. The van der Waals surface area contributed by atoms with Crippen molar-refractivity contribution in [1.82, 2.24) is 10.2 Å². The highest BCUT2D eigenvalue weighted by atomic mass is 32.2. The summed E-state index contributed by atoms with van der Waals surface area (Å²) < 4.78 is 5.21. The van der Waals surface area contributed by atoms with Gasteiger partial charge in [-0.2, -0.15) is 0 Å². The molecule has 0 unspecified atom stereocenters. The van der Waals surface area contributed by atoms with E-state index in [4.69, 9.17) is 9.73 Å². The van der Waals surface area contributed by atoms with Gasteiger partial charge < -0.3 is 15.4 Å². The van der Waals surface area contributed by atoms with Crippen molar-refractivity contribution in [2.24, 2.45) is 9.98 Å². The molecule has 2 aliphatic heterocycles. The zero-order valence-corrected chi connectivity index (χ0v) is 22.1. The van der Waals surface area contributed by atoms with Crippen molar-refractivity contribution in [2.75, 3.05) is 18.2 Å². The first kappa shape index (κ1) is 26.0. The molecule has 0 bridgehead atoms. The molecule has 3 amide bonds. The fourth-order valence-electron chi connectivity index (χ4n) is 4.93. The van der Waals surface area contributed by atoms with Crippen LogP contribution in [0, 0.1) is 0 Å². The van der Waals surface area contributed by atoms with Gasteiger partial charge in [0.15, 0.2) is 5.17 Å². The molecule has 0 radical (unpaired) electrons. The predicted molar refractivity (Wildman–Crippen MR) is 149 cm³/mol. The van der Waals surface area contributed by atoms with Crippen LogP contribution in [0.3, 0.4) is 0 Å². The number of hydrogen-bond acceptors (Lipinski definition) is 7. The van der Waals surface area contributed by atoms with Gasteiger partial charge in [0.05, 0.1) is 18.6 Å². The van der Waals surface area contributed by atoms with Gasteiger partial charge in [0, 0.05) is 29.8 Å². The van der Waals surface area contributed by atoms with Gasteiger partial charge in [0.1, 0.15) is 17.6 Å². The Balaban J connectivity index is 1.25. The summed E-state index contributed by atoms with van der Waals surface area (Å²) in [7, 11) is 1.57. The lowest BCUT2D eigenvalue weighted by Gasteiger charge is -2.25. The van der Waals surface area contributed by atoms with Crippen LogP contribution in [-0.4, -0.2) is 58.6 Å². The number of aliphatic imine (C=N–C) groups is 2. The van der Waals surface area contributed by atoms with Crippen LogP contribution < -0.4 is 15.4 Å². The summed E-state index contributed by atoms with van der Waals surface area (Å²) in [6.45, 7) is 0. The van der Waals surface area contributed by atoms with Crippen molar-refractivity contribution in [3.63, 3.8) is 0 Å². The maximum absolute atomic E-state index is 13.4. The Hall–Kier alpha value is -3.66. The Bertz CT molecular complexity index is 1290. The van der Waals surface area contributed by atoms with Crippen LogP contribution in [0.15, 0.2) is 58.5 Å². The number of amides is 3. The number of rotatable bonds is 8. The first-order chi connectivity index (χ1) is 18.5. The molecule has 0 spiro atoms. The SMILES string of the molecule is COc1cccc(NC(=O)CSC2=Nc3ccccc3C3=N[C@H](CCC(=O)NC4CCCCC4)C(=O)N23)c1. The summed E-state index contributed by atoms with van der Waals surface area (Å²) in [6.07, 6.45) is 6.11. The largest absolute Gasteiger partial charge is 0.497 e. The van der Waals surface area contributed by atoms with E-state index in [1.165, 1.54) is 23.1 Å². The maximum Gasteiger partial charge on any atom is 0.259 e. The van der Waals surface area contributed by atoms with Crippen LogP contribution in [0.5, 0.6) is 5.75 Å². The third-order valence-corrected chi connectivity index (χ3v) is 7.79. The van der Waals surface area contributed by atoms with Crippen LogP contribution >= 0.6 is 11.8 Å². The Labute approximate surface area is 226 Å². The number of benzene rings is 2. The molecule has 5 rings (SSSR count). The number of hydrogen-bond donors (Lipinski definition) is 2. The number of methoxy groups -OCH3 is 1. The summed E-state index contributed by atoms with van der Waals surface area (Å²) in [5.41, 5.74) is 2.08. The quantitative estimate of drug-likeness (QED) is 0.527. The minimum absolute atomic E-state index is 0.0346. The topological polar surface area (TPSA) is 112 Å². The van der Waals surface area contributed by atoms with Crippen LogP contribution in [0.25, 0.3) is 0 Å². The molecule has 10 heteroatoms. The molecule has 0 aromatic heterocycles. The van der Waals surface area contributed by atoms with Crippen molar-refractivity contribution < 1.29 is 19.1 Å². The van der Waals surface area contributed by atoms with Crippen LogP contribution in [0.4, 0.5) is 11.4 Å². The van der Waals surface area contributed by atoms with Gasteiger partial charge >= 0.3 is 0 Å². The van der Waals surface area contributed by atoms with E-state index >= 15 is 0 Å². The van der Waals surface area contributed by atoms with Gasteiger partial charge in [-0.3, -0.25) is 19.4 Å². The number of amidine groups is 2. The summed E-state index contributed by atoms with van der Waals surface area (Å²) >= 11 is 1.18. The lowest BCUT2D eigenvalue weighted by molar-refractivity contribution is -0.125. The van der Waals surface area contributed by atoms with E-state index in [0.717, 1.165) is 31.2 Å². The van der Waals surface area contributed by atoms with Gasteiger partial charge in [-0.05, 0) is 43.5 Å². The smallest absolute Gasteiger partial charge is 0.259 e. The summed E-state index contributed by atoms with van der Waals surface area (Å²) in [4.78, 5) is 49.6. The van der Waals surface area contributed by atoms with Crippen LogP contribution in [-0.2, 0) is 14.4 Å². The minimum atomic E-state index is -0.662. The second-order valence-electron chi connectivity index (χ2n) is 9.56. The average Bonchev–Trinajstić information content (AvgIpc) is 3.27. The molecular weight excluding hydrogens is 502 g/mol. The van der Waals surface area contributed by atoms with Crippen molar-refractivity contribution >= 4 is 51.9 Å².